The van der Waals surface area contributed by atoms with Crippen LogP contribution in [-0.4, -0.2) is 27.0 Å². The van der Waals surface area contributed by atoms with Gasteiger partial charge in [-0.05, 0) is 24.3 Å². The Balaban J connectivity index is 1.96. The molecule has 0 fully saturated rings. The van der Waals surface area contributed by atoms with Gasteiger partial charge in [0.15, 0.2) is 17.4 Å². The largest absolute Gasteiger partial charge is 0.491 e. The quantitative estimate of drug-likeness (QED) is 0.796. The molecule has 0 aliphatic heterocycles. The van der Waals surface area contributed by atoms with E-state index in [1.807, 2.05) is 18.2 Å². The lowest BCUT2D eigenvalue weighted by Crippen LogP contribution is -2.02. The van der Waals surface area contributed by atoms with Gasteiger partial charge < -0.3 is 10.1 Å². The van der Waals surface area contributed by atoms with Crippen molar-refractivity contribution in [3.05, 3.63) is 53.9 Å². The Bertz CT molecular complexity index is 765. The van der Waals surface area contributed by atoms with Gasteiger partial charge >= 0.3 is 0 Å². The number of hydrogen-bond donors (Lipinski definition) is 1. The molecule has 0 spiro atoms. The van der Waals surface area contributed by atoms with Gasteiger partial charge in [-0.15, -0.1) is 0 Å². The number of ether oxygens (including phenoxy) is 1. The summed E-state index contributed by atoms with van der Waals surface area (Å²) >= 11 is 5.83. The summed E-state index contributed by atoms with van der Waals surface area (Å²) in [5, 5.41) is 3.65. The van der Waals surface area contributed by atoms with Crippen LogP contribution in [0, 0.1) is 0 Å². The molecule has 6 nitrogen and oxygen atoms in total. The van der Waals surface area contributed by atoms with Crippen molar-refractivity contribution >= 4 is 23.2 Å². The van der Waals surface area contributed by atoms with Crippen LogP contribution in [0.5, 0.6) is 5.75 Å². The molecule has 0 aromatic carbocycles. The number of nitrogens with one attached hydrogen (secondary N) is 1. The first-order valence-electron chi connectivity index (χ1n) is 6.47. The van der Waals surface area contributed by atoms with E-state index in [4.69, 9.17) is 16.3 Å². The van der Waals surface area contributed by atoms with E-state index in [9.17, 15) is 0 Å². The van der Waals surface area contributed by atoms with Crippen LogP contribution < -0.4 is 10.1 Å². The van der Waals surface area contributed by atoms with E-state index in [0.717, 1.165) is 0 Å². The topological polar surface area (TPSA) is 72.8 Å². The zero-order valence-corrected chi connectivity index (χ0v) is 12.4. The summed E-state index contributed by atoms with van der Waals surface area (Å²) in [5.41, 5.74) is 0.678. The second kappa shape index (κ2) is 6.36. The summed E-state index contributed by atoms with van der Waals surface area (Å²) in [4.78, 5) is 17.1. The number of aromatic nitrogens is 4. The van der Waals surface area contributed by atoms with E-state index in [-0.39, 0.29) is 0 Å². The van der Waals surface area contributed by atoms with Crippen molar-refractivity contribution in [1.29, 1.82) is 0 Å². The second-order valence-electron chi connectivity index (χ2n) is 4.31. The minimum atomic E-state index is 0.498. The average molecular weight is 314 g/mol. The molecule has 0 amide bonds. The van der Waals surface area contributed by atoms with E-state index >= 15 is 0 Å². The van der Waals surface area contributed by atoms with Gasteiger partial charge in [-0.2, -0.15) is 0 Å². The highest BCUT2D eigenvalue weighted by atomic mass is 35.5. The van der Waals surface area contributed by atoms with E-state index < -0.39 is 0 Å². The first-order valence-corrected chi connectivity index (χ1v) is 6.85. The van der Waals surface area contributed by atoms with Gasteiger partial charge in [-0.25, -0.2) is 15.0 Å². The summed E-state index contributed by atoms with van der Waals surface area (Å²) in [5.74, 6) is 2.12. The molecule has 7 heteroatoms. The molecule has 3 heterocycles. The fraction of sp³-hybridized carbons (Fsp3) is 0.0667. The third-order valence-corrected chi connectivity index (χ3v) is 3.07. The summed E-state index contributed by atoms with van der Waals surface area (Å²) in [6.45, 7) is 0. The van der Waals surface area contributed by atoms with E-state index in [2.05, 4.69) is 25.3 Å². The van der Waals surface area contributed by atoms with Gasteiger partial charge in [0.2, 0.25) is 0 Å². The number of methoxy groups -OCH3 is 1. The number of nitrogens with zero attached hydrogens (tertiary/aromatic N) is 4. The van der Waals surface area contributed by atoms with Crippen molar-refractivity contribution < 1.29 is 4.74 Å². The Morgan fingerprint density at radius 2 is 1.95 bits per heavy atom. The maximum atomic E-state index is 5.83. The molecular formula is C15H12ClN5O. The minimum absolute atomic E-state index is 0.498. The summed E-state index contributed by atoms with van der Waals surface area (Å²) in [6.07, 6.45) is 4.84. The van der Waals surface area contributed by atoms with Gasteiger partial charge in [0, 0.05) is 12.4 Å². The van der Waals surface area contributed by atoms with E-state index in [1.54, 1.807) is 37.8 Å². The molecule has 1 N–H and O–H groups in total. The van der Waals surface area contributed by atoms with Crippen LogP contribution in [0.1, 0.15) is 0 Å². The molecule has 0 saturated heterocycles. The zero-order valence-electron chi connectivity index (χ0n) is 11.7. The number of hydrogen-bond acceptors (Lipinski definition) is 6. The normalized spacial score (nSPS) is 10.3. The molecule has 3 rings (SSSR count). The molecule has 0 atom stereocenters. The smallest absolute Gasteiger partial charge is 0.180 e. The Morgan fingerprint density at radius 1 is 1.05 bits per heavy atom. The fourth-order valence-electron chi connectivity index (χ4n) is 1.80. The molecule has 110 valence electrons. The van der Waals surface area contributed by atoms with Gasteiger partial charge in [0.1, 0.15) is 11.5 Å². The standard InChI is InChI=1S/C15H12ClN5O/c1-22-12-9-19-14(11-4-2-3-7-17-11)21-15(12)20-13-6-5-10(16)8-18-13/h2-9H,1H3,(H,18,19,20,21). The molecule has 0 aliphatic rings. The van der Waals surface area contributed by atoms with Gasteiger partial charge in [-0.3, -0.25) is 4.98 Å². The van der Waals surface area contributed by atoms with Crippen LogP contribution in [-0.2, 0) is 0 Å². The Kier molecular flexibility index (Phi) is 4.11. The Morgan fingerprint density at radius 3 is 2.64 bits per heavy atom. The van der Waals surface area contributed by atoms with Crippen LogP contribution in [0.15, 0.2) is 48.9 Å². The van der Waals surface area contributed by atoms with Crippen molar-refractivity contribution in [3.8, 4) is 17.3 Å². The third kappa shape index (κ3) is 3.12. The summed E-state index contributed by atoms with van der Waals surface area (Å²) in [7, 11) is 1.56. The Labute approximate surface area is 132 Å². The van der Waals surface area contributed by atoms with E-state index in [1.165, 1.54) is 0 Å². The minimum Gasteiger partial charge on any atom is -0.491 e. The fourth-order valence-corrected chi connectivity index (χ4v) is 1.91. The van der Waals surface area contributed by atoms with E-state index in [0.29, 0.717) is 33.9 Å². The van der Waals surface area contributed by atoms with Crippen molar-refractivity contribution in [2.45, 2.75) is 0 Å². The molecule has 0 aliphatic carbocycles. The third-order valence-electron chi connectivity index (χ3n) is 2.84. The maximum absolute atomic E-state index is 5.83. The van der Waals surface area contributed by atoms with Crippen LogP contribution in [0.25, 0.3) is 11.5 Å². The SMILES string of the molecule is COc1cnc(-c2ccccn2)nc1Nc1ccc(Cl)cn1. The lowest BCUT2D eigenvalue weighted by molar-refractivity contribution is 0.413. The number of anilines is 2. The second-order valence-corrected chi connectivity index (χ2v) is 4.75. The molecule has 0 radical (unpaired) electrons. The lowest BCUT2D eigenvalue weighted by Gasteiger charge is -2.10. The first-order chi connectivity index (χ1) is 10.8. The molecule has 0 unspecified atom stereocenters. The predicted molar refractivity (Wildman–Crippen MR) is 84.3 cm³/mol. The molecular weight excluding hydrogens is 302 g/mol. The highest BCUT2D eigenvalue weighted by Crippen LogP contribution is 2.26. The first kappa shape index (κ1) is 14.2. The zero-order chi connectivity index (χ0) is 15.4. The molecule has 3 aromatic heterocycles. The monoisotopic (exact) mass is 313 g/mol. The maximum Gasteiger partial charge on any atom is 0.180 e. The summed E-state index contributed by atoms with van der Waals surface area (Å²) < 4.78 is 5.27. The van der Waals surface area contributed by atoms with Crippen molar-refractivity contribution in [1.82, 2.24) is 19.9 Å². The average Bonchev–Trinajstić information content (AvgIpc) is 2.58. The predicted octanol–water partition coefficient (Wildman–Crippen LogP) is 3.34. The van der Waals surface area contributed by atoms with Crippen LogP contribution in [0.4, 0.5) is 11.6 Å². The van der Waals surface area contributed by atoms with Gasteiger partial charge in [0.25, 0.3) is 0 Å². The molecule has 3 aromatic rings. The molecule has 0 saturated carbocycles. The van der Waals surface area contributed by atoms with Crippen LogP contribution in [0.2, 0.25) is 5.02 Å². The highest BCUT2D eigenvalue weighted by molar-refractivity contribution is 6.30. The highest BCUT2D eigenvalue weighted by Gasteiger charge is 2.10. The van der Waals surface area contributed by atoms with Gasteiger partial charge in [0.05, 0.1) is 18.3 Å². The van der Waals surface area contributed by atoms with Crippen molar-refractivity contribution in [2.75, 3.05) is 12.4 Å². The Hall–Kier alpha value is -2.73. The van der Waals surface area contributed by atoms with Gasteiger partial charge in [-0.1, -0.05) is 17.7 Å². The summed E-state index contributed by atoms with van der Waals surface area (Å²) in [6, 6.07) is 9.05. The van der Waals surface area contributed by atoms with Crippen molar-refractivity contribution in [2.24, 2.45) is 0 Å². The molecule has 0 bridgehead atoms. The number of pyridine rings is 2. The number of halogens is 1. The lowest BCUT2D eigenvalue weighted by atomic mass is 10.3. The van der Waals surface area contributed by atoms with Crippen LogP contribution in [0.3, 0.4) is 0 Å². The van der Waals surface area contributed by atoms with Crippen molar-refractivity contribution in [3.63, 3.8) is 0 Å². The number of rotatable bonds is 4. The van der Waals surface area contributed by atoms with Crippen LogP contribution >= 0.6 is 11.6 Å². The molecule has 22 heavy (non-hydrogen) atoms.